The van der Waals surface area contributed by atoms with Crippen LogP contribution in [0.25, 0.3) is 0 Å². The van der Waals surface area contributed by atoms with Crippen LogP contribution in [-0.2, 0) is 4.79 Å². The highest BCUT2D eigenvalue weighted by Crippen LogP contribution is 2.25. The summed E-state index contributed by atoms with van der Waals surface area (Å²) >= 11 is 8.56. The largest absolute Gasteiger partial charge is 0.297 e. The molecule has 0 bridgehead atoms. The second kappa shape index (κ2) is 6.89. The first-order valence-corrected chi connectivity index (χ1v) is 8.07. The van der Waals surface area contributed by atoms with Crippen LogP contribution >= 0.6 is 34.7 Å². The number of hydrogen-bond donors (Lipinski definition) is 0. The zero-order valence-corrected chi connectivity index (χ0v) is 13.1. The molecule has 1 atom stereocenters. The summed E-state index contributed by atoms with van der Waals surface area (Å²) in [5, 5.41) is 12.2. The van der Waals surface area contributed by atoms with Gasteiger partial charge in [0.15, 0.2) is 11.7 Å². The van der Waals surface area contributed by atoms with Gasteiger partial charge in [-0.25, -0.2) is 4.98 Å². The van der Waals surface area contributed by atoms with Gasteiger partial charge < -0.3 is 0 Å². The summed E-state index contributed by atoms with van der Waals surface area (Å²) in [6.45, 7) is 1.85. The lowest BCUT2D eigenvalue weighted by Crippen LogP contribution is -2.13. The van der Waals surface area contributed by atoms with Crippen LogP contribution in [0.3, 0.4) is 0 Å². The first-order chi connectivity index (χ1) is 9.60. The highest BCUT2D eigenvalue weighted by molar-refractivity contribution is 8.00. The number of benzene rings is 1. The van der Waals surface area contributed by atoms with Crippen molar-refractivity contribution in [3.63, 3.8) is 0 Å². The standard InChI is InChI=1S/C14H11ClN2OS2/c1-9-7-20-14(17-9)12(6-16)13(18)8-19-11-4-2-10(15)3-5-11/h2-5,7,12H,8H2,1H3/t12-/m1/s1. The van der Waals surface area contributed by atoms with Crippen molar-refractivity contribution in [3.05, 3.63) is 45.4 Å². The van der Waals surface area contributed by atoms with E-state index in [-0.39, 0.29) is 11.5 Å². The molecule has 1 heterocycles. The second-order valence-electron chi connectivity index (χ2n) is 4.10. The summed E-state index contributed by atoms with van der Waals surface area (Å²) in [6.07, 6.45) is 0. The lowest BCUT2D eigenvalue weighted by Gasteiger charge is -2.05. The van der Waals surface area contributed by atoms with Gasteiger partial charge in [-0.1, -0.05) is 11.6 Å². The minimum atomic E-state index is -0.770. The summed E-state index contributed by atoms with van der Waals surface area (Å²) < 4.78 is 0. The molecule has 2 aromatic rings. The maximum atomic E-state index is 12.1. The summed E-state index contributed by atoms with van der Waals surface area (Å²) in [7, 11) is 0. The summed E-state index contributed by atoms with van der Waals surface area (Å²) in [4.78, 5) is 17.3. The molecule has 2 rings (SSSR count). The average molecular weight is 323 g/mol. The molecule has 3 nitrogen and oxygen atoms in total. The van der Waals surface area contributed by atoms with Crippen LogP contribution in [0.5, 0.6) is 0 Å². The molecule has 20 heavy (non-hydrogen) atoms. The Morgan fingerprint density at radius 2 is 2.20 bits per heavy atom. The highest BCUT2D eigenvalue weighted by Gasteiger charge is 2.23. The molecule has 0 N–H and O–H groups in total. The van der Waals surface area contributed by atoms with E-state index in [2.05, 4.69) is 4.98 Å². The lowest BCUT2D eigenvalue weighted by atomic mass is 10.1. The van der Waals surface area contributed by atoms with Crippen molar-refractivity contribution in [2.75, 3.05) is 5.75 Å². The zero-order valence-electron chi connectivity index (χ0n) is 10.7. The molecule has 0 aliphatic heterocycles. The van der Waals surface area contributed by atoms with Gasteiger partial charge in [0.2, 0.25) is 0 Å². The van der Waals surface area contributed by atoms with Crippen LogP contribution in [0.15, 0.2) is 34.5 Å². The van der Waals surface area contributed by atoms with Crippen LogP contribution in [0.2, 0.25) is 5.02 Å². The Bertz CT molecular complexity index is 646. The van der Waals surface area contributed by atoms with E-state index < -0.39 is 5.92 Å². The first kappa shape index (κ1) is 15.0. The van der Waals surface area contributed by atoms with Crippen LogP contribution in [0.1, 0.15) is 16.6 Å². The van der Waals surface area contributed by atoms with Gasteiger partial charge in [0, 0.05) is 21.0 Å². The second-order valence-corrected chi connectivity index (χ2v) is 6.47. The van der Waals surface area contributed by atoms with Crippen molar-refractivity contribution in [2.24, 2.45) is 0 Å². The first-order valence-electron chi connectivity index (χ1n) is 5.83. The van der Waals surface area contributed by atoms with Crippen molar-refractivity contribution in [1.29, 1.82) is 5.26 Å². The Hall–Kier alpha value is -1.35. The van der Waals surface area contributed by atoms with Crippen molar-refractivity contribution in [2.45, 2.75) is 17.7 Å². The number of nitrogens with zero attached hydrogens (tertiary/aromatic N) is 2. The summed E-state index contributed by atoms with van der Waals surface area (Å²) in [5.74, 6) is -0.645. The number of aromatic nitrogens is 1. The molecule has 1 aromatic carbocycles. The van der Waals surface area contributed by atoms with Gasteiger partial charge >= 0.3 is 0 Å². The number of ketones is 1. The quantitative estimate of drug-likeness (QED) is 0.778. The summed E-state index contributed by atoms with van der Waals surface area (Å²) in [5.41, 5.74) is 0.836. The lowest BCUT2D eigenvalue weighted by molar-refractivity contribution is -0.116. The van der Waals surface area contributed by atoms with E-state index in [0.717, 1.165) is 10.6 Å². The number of carbonyl (C=O) groups is 1. The summed E-state index contributed by atoms with van der Waals surface area (Å²) in [6, 6.07) is 9.31. The number of Topliss-reactive ketones (excluding diaryl/α,β-unsaturated/α-hetero) is 1. The molecule has 6 heteroatoms. The molecule has 0 radical (unpaired) electrons. The monoisotopic (exact) mass is 322 g/mol. The van der Waals surface area contributed by atoms with Crippen molar-refractivity contribution < 1.29 is 4.79 Å². The van der Waals surface area contributed by atoms with Gasteiger partial charge in [0.25, 0.3) is 0 Å². The minimum absolute atomic E-state index is 0.123. The SMILES string of the molecule is Cc1csc([C@H](C#N)C(=O)CSc2ccc(Cl)cc2)n1. The zero-order chi connectivity index (χ0) is 14.5. The van der Waals surface area contributed by atoms with E-state index >= 15 is 0 Å². The van der Waals surface area contributed by atoms with Gasteiger partial charge in [0.1, 0.15) is 5.01 Å². The smallest absolute Gasteiger partial charge is 0.167 e. The fraction of sp³-hybridized carbons (Fsp3) is 0.214. The topological polar surface area (TPSA) is 53.8 Å². The van der Waals surface area contributed by atoms with Crippen LogP contribution < -0.4 is 0 Å². The molecule has 0 aliphatic rings. The van der Waals surface area contributed by atoms with Crippen LogP contribution in [0.4, 0.5) is 0 Å². The number of rotatable bonds is 5. The molecule has 102 valence electrons. The number of thioether (sulfide) groups is 1. The Labute approximate surface area is 130 Å². The highest BCUT2D eigenvalue weighted by atomic mass is 35.5. The molecule has 1 aromatic heterocycles. The maximum Gasteiger partial charge on any atom is 0.167 e. The van der Waals surface area contributed by atoms with Crippen molar-refractivity contribution in [3.8, 4) is 6.07 Å². The van der Waals surface area contributed by atoms with Crippen LogP contribution in [-0.4, -0.2) is 16.5 Å². The Morgan fingerprint density at radius 3 is 2.75 bits per heavy atom. The fourth-order valence-electron chi connectivity index (χ4n) is 1.54. The number of halogens is 1. The Balaban J connectivity index is 2.00. The van der Waals surface area contributed by atoms with E-state index in [1.807, 2.05) is 30.5 Å². The third kappa shape index (κ3) is 3.83. The van der Waals surface area contributed by atoms with Gasteiger partial charge in [0.05, 0.1) is 11.8 Å². The van der Waals surface area contributed by atoms with E-state index in [1.54, 1.807) is 12.1 Å². The van der Waals surface area contributed by atoms with Gasteiger partial charge in [-0.2, -0.15) is 5.26 Å². The van der Waals surface area contributed by atoms with Gasteiger partial charge in [-0.15, -0.1) is 23.1 Å². The van der Waals surface area contributed by atoms with E-state index in [9.17, 15) is 4.79 Å². The molecule has 0 saturated carbocycles. The average Bonchev–Trinajstić information content (AvgIpc) is 2.85. The van der Waals surface area contributed by atoms with E-state index in [4.69, 9.17) is 16.9 Å². The van der Waals surface area contributed by atoms with E-state index in [0.29, 0.717) is 10.0 Å². The molecular weight excluding hydrogens is 312 g/mol. The number of nitriles is 1. The molecule has 0 aliphatic carbocycles. The minimum Gasteiger partial charge on any atom is -0.297 e. The van der Waals surface area contributed by atoms with Crippen molar-refractivity contribution >= 4 is 40.5 Å². The molecule has 0 amide bonds. The fourth-order valence-corrected chi connectivity index (χ4v) is 3.33. The maximum absolute atomic E-state index is 12.1. The number of thiazole rings is 1. The number of carbonyl (C=O) groups excluding carboxylic acids is 1. The molecule has 0 fully saturated rings. The molecular formula is C14H11ClN2OS2. The molecule has 0 unspecified atom stereocenters. The third-order valence-corrected chi connectivity index (χ3v) is 4.84. The van der Waals surface area contributed by atoms with Gasteiger partial charge in [-0.05, 0) is 31.2 Å². The Morgan fingerprint density at radius 1 is 1.50 bits per heavy atom. The number of aryl methyl sites for hydroxylation is 1. The molecule has 0 saturated heterocycles. The normalized spacial score (nSPS) is 11.8. The molecule has 0 spiro atoms. The van der Waals surface area contributed by atoms with Crippen molar-refractivity contribution in [1.82, 2.24) is 4.98 Å². The van der Waals surface area contributed by atoms with E-state index in [1.165, 1.54) is 23.1 Å². The predicted octanol–water partition coefficient (Wildman–Crippen LogP) is 4.07. The number of hydrogen-bond acceptors (Lipinski definition) is 5. The third-order valence-electron chi connectivity index (χ3n) is 2.53. The van der Waals surface area contributed by atoms with Crippen LogP contribution in [0, 0.1) is 18.3 Å². The predicted molar refractivity (Wildman–Crippen MR) is 82.4 cm³/mol. The van der Waals surface area contributed by atoms with Gasteiger partial charge in [-0.3, -0.25) is 4.79 Å². The Kier molecular flexibility index (Phi) is 5.18.